The van der Waals surface area contributed by atoms with Crippen molar-refractivity contribution in [1.82, 2.24) is 15.1 Å². The van der Waals surface area contributed by atoms with Crippen LogP contribution in [0, 0.1) is 5.82 Å². The summed E-state index contributed by atoms with van der Waals surface area (Å²) in [6.45, 7) is -0.240. The Kier molecular flexibility index (Phi) is 4.62. The van der Waals surface area contributed by atoms with Crippen molar-refractivity contribution < 1.29 is 14.0 Å². The summed E-state index contributed by atoms with van der Waals surface area (Å²) in [7, 11) is 1.42. The van der Waals surface area contributed by atoms with Crippen LogP contribution in [0.25, 0.3) is 0 Å². The van der Waals surface area contributed by atoms with Gasteiger partial charge in [0.1, 0.15) is 11.5 Å². The molecule has 2 aromatic rings. The highest BCUT2D eigenvalue weighted by Gasteiger charge is 2.16. The second-order valence-corrected chi connectivity index (χ2v) is 4.53. The zero-order chi connectivity index (χ0) is 16.1. The minimum absolute atomic E-state index is 0.0145. The zero-order valence-electron chi connectivity index (χ0n) is 11.7. The summed E-state index contributed by atoms with van der Waals surface area (Å²) >= 11 is 0. The number of carbonyl (C=O) groups excluding carboxylic acids is 2. The Balaban J connectivity index is 1.97. The number of nitrogens with one attached hydrogen (secondary N) is 2. The van der Waals surface area contributed by atoms with Gasteiger partial charge in [0.05, 0.1) is 6.54 Å². The molecule has 2 N–H and O–H groups in total. The molecule has 2 amide bonds. The van der Waals surface area contributed by atoms with Crippen LogP contribution in [0.3, 0.4) is 0 Å². The highest BCUT2D eigenvalue weighted by molar-refractivity contribution is 5.98. The maximum absolute atomic E-state index is 13.0. The quantitative estimate of drug-likeness (QED) is 0.865. The number of hydrogen-bond donors (Lipinski definition) is 2. The first kappa shape index (κ1) is 15.4. The molecule has 1 aromatic carbocycles. The van der Waals surface area contributed by atoms with E-state index in [1.807, 2.05) is 0 Å². The van der Waals surface area contributed by atoms with Crippen LogP contribution in [0.1, 0.15) is 10.5 Å². The number of aromatic amines is 1. The minimum Gasteiger partial charge on any atom is -0.331 e. The molecule has 0 aliphatic carbocycles. The highest BCUT2D eigenvalue weighted by atomic mass is 19.1. The number of H-pyrrole nitrogens is 1. The number of rotatable bonds is 4. The van der Waals surface area contributed by atoms with Gasteiger partial charge in [0, 0.05) is 18.8 Å². The van der Waals surface area contributed by atoms with E-state index < -0.39 is 23.2 Å². The van der Waals surface area contributed by atoms with Crippen molar-refractivity contribution in [2.24, 2.45) is 0 Å². The fourth-order valence-corrected chi connectivity index (χ4v) is 1.71. The topological polar surface area (TPSA) is 95.2 Å². The van der Waals surface area contributed by atoms with Crippen molar-refractivity contribution in [3.8, 4) is 0 Å². The molecule has 2 rings (SSSR count). The number of likely N-dealkylation sites (N-methyl/N-ethyl adjacent to an activating group) is 1. The van der Waals surface area contributed by atoms with Crippen LogP contribution in [0.2, 0.25) is 0 Å². The summed E-state index contributed by atoms with van der Waals surface area (Å²) in [5.74, 6) is -1.48. The Bertz CT molecular complexity index is 739. The number of halogens is 1. The lowest BCUT2D eigenvalue weighted by Gasteiger charge is -2.16. The summed E-state index contributed by atoms with van der Waals surface area (Å²) in [5.41, 5.74) is -0.114. The molecule has 0 radical (unpaired) electrons. The van der Waals surface area contributed by atoms with Crippen LogP contribution in [0.15, 0.2) is 41.2 Å². The van der Waals surface area contributed by atoms with Gasteiger partial charge in [-0.25, -0.2) is 9.49 Å². The molecular formula is C14H13FN4O3. The van der Waals surface area contributed by atoms with Crippen LogP contribution in [0.4, 0.5) is 10.1 Å². The van der Waals surface area contributed by atoms with Gasteiger partial charge in [0.25, 0.3) is 11.5 Å². The number of anilines is 1. The molecule has 0 saturated carbocycles. The predicted octanol–water partition coefficient (Wildman–Crippen LogP) is 0.620. The minimum atomic E-state index is -0.523. The number of amides is 2. The summed E-state index contributed by atoms with van der Waals surface area (Å²) in [4.78, 5) is 35.8. The van der Waals surface area contributed by atoms with Crippen LogP contribution in [-0.4, -0.2) is 40.5 Å². The average molecular weight is 304 g/mol. The van der Waals surface area contributed by atoms with Crippen LogP contribution >= 0.6 is 0 Å². The van der Waals surface area contributed by atoms with E-state index in [0.717, 1.165) is 4.90 Å². The summed E-state index contributed by atoms with van der Waals surface area (Å²) in [5, 5.41) is 8.21. The highest BCUT2D eigenvalue weighted by Crippen LogP contribution is 2.09. The van der Waals surface area contributed by atoms with E-state index in [0.29, 0.717) is 5.69 Å². The van der Waals surface area contributed by atoms with E-state index in [1.165, 1.54) is 43.4 Å². The van der Waals surface area contributed by atoms with E-state index in [4.69, 9.17) is 0 Å². The Morgan fingerprint density at radius 1 is 1.32 bits per heavy atom. The van der Waals surface area contributed by atoms with Gasteiger partial charge in [-0.05, 0) is 24.3 Å². The predicted molar refractivity (Wildman–Crippen MR) is 76.8 cm³/mol. The largest absolute Gasteiger partial charge is 0.331 e. The fraction of sp³-hybridized carbons (Fsp3) is 0.143. The first-order valence-corrected chi connectivity index (χ1v) is 6.32. The van der Waals surface area contributed by atoms with Crippen molar-refractivity contribution in [3.63, 3.8) is 0 Å². The summed E-state index contributed by atoms with van der Waals surface area (Å²) in [6, 6.07) is 7.86. The molecule has 0 spiro atoms. The van der Waals surface area contributed by atoms with Crippen molar-refractivity contribution in [1.29, 1.82) is 0 Å². The maximum atomic E-state index is 13.0. The Morgan fingerprint density at radius 3 is 2.73 bits per heavy atom. The molecule has 1 heterocycles. The second-order valence-electron chi connectivity index (χ2n) is 4.53. The van der Waals surface area contributed by atoms with Gasteiger partial charge >= 0.3 is 0 Å². The zero-order valence-corrected chi connectivity index (χ0v) is 11.7. The first-order chi connectivity index (χ1) is 10.5. The lowest BCUT2D eigenvalue weighted by molar-refractivity contribution is -0.116. The number of hydrogen-bond acceptors (Lipinski definition) is 4. The molecular weight excluding hydrogens is 291 g/mol. The molecule has 0 fully saturated rings. The lowest BCUT2D eigenvalue weighted by Crippen LogP contribution is -2.35. The standard InChI is InChI=1S/C14H13FN4O3/c1-19(14(22)11-5-6-12(20)18-17-11)8-13(21)16-10-4-2-3-9(15)7-10/h2-7H,8H2,1H3,(H,16,21)(H,18,20). The molecule has 0 aliphatic rings. The van der Waals surface area contributed by atoms with Gasteiger partial charge in [-0.1, -0.05) is 6.07 Å². The molecule has 0 saturated heterocycles. The third-order valence-electron chi connectivity index (χ3n) is 2.73. The van der Waals surface area contributed by atoms with E-state index in [9.17, 15) is 18.8 Å². The molecule has 7 nitrogen and oxygen atoms in total. The van der Waals surface area contributed by atoms with E-state index in [-0.39, 0.29) is 12.2 Å². The molecule has 0 aliphatic heterocycles. The van der Waals surface area contributed by atoms with E-state index in [2.05, 4.69) is 15.5 Å². The van der Waals surface area contributed by atoms with Gasteiger partial charge < -0.3 is 10.2 Å². The molecule has 0 atom stereocenters. The summed E-state index contributed by atoms with van der Waals surface area (Å²) < 4.78 is 13.0. The molecule has 22 heavy (non-hydrogen) atoms. The van der Waals surface area contributed by atoms with Gasteiger partial charge in [-0.2, -0.15) is 5.10 Å². The lowest BCUT2D eigenvalue weighted by atomic mass is 10.3. The SMILES string of the molecule is CN(CC(=O)Nc1cccc(F)c1)C(=O)c1ccc(=O)[nH]n1. The van der Waals surface area contributed by atoms with Gasteiger partial charge in [-0.3, -0.25) is 14.4 Å². The van der Waals surface area contributed by atoms with Gasteiger partial charge in [0.2, 0.25) is 5.91 Å². The van der Waals surface area contributed by atoms with Crippen molar-refractivity contribution in [2.75, 3.05) is 18.9 Å². The van der Waals surface area contributed by atoms with Crippen LogP contribution in [0.5, 0.6) is 0 Å². The average Bonchev–Trinajstić information content (AvgIpc) is 2.47. The first-order valence-electron chi connectivity index (χ1n) is 6.32. The fourth-order valence-electron chi connectivity index (χ4n) is 1.71. The van der Waals surface area contributed by atoms with Gasteiger partial charge in [0.15, 0.2) is 0 Å². The molecule has 0 unspecified atom stereocenters. The number of carbonyl (C=O) groups is 2. The van der Waals surface area contributed by atoms with Crippen LogP contribution < -0.4 is 10.9 Å². The molecule has 1 aromatic heterocycles. The molecule has 114 valence electrons. The third-order valence-corrected chi connectivity index (χ3v) is 2.73. The van der Waals surface area contributed by atoms with Crippen molar-refractivity contribution in [3.05, 3.63) is 58.3 Å². The van der Waals surface area contributed by atoms with Crippen LogP contribution in [-0.2, 0) is 4.79 Å². The number of aromatic nitrogens is 2. The van der Waals surface area contributed by atoms with E-state index in [1.54, 1.807) is 0 Å². The maximum Gasteiger partial charge on any atom is 0.274 e. The van der Waals surface area contributed by atoms with Crippen molar-refractivity contribution >= 4 is 17.5 Å². The Morgan fingerprint density at radius 2 is 2.09 bits per heavy atom. The monoisotopic (exact) mass is 304 g/mol. The number of benzene rings is 1. The summed E-state index contributed by atoms with van der Waals surface area (Å²) in [6.07, 6.45) is 0. The molecule has 8 heteroatoms. The Hall–Kier alpha value is -3.03. The number of nitrogens with zero attached hydrogens (tertiary/aromatic N) is 2. The smallest absolute Gasteiger partial charge is 0.274 e. The van der Waals surface area contributed by atoms with Crippen molar-refractivity contribution in [2.45, 2.75) is 0 Å². The van der Waals surface area contributed by atoms with E-state index >= 15 is 0 Å². The third kappa shape index (κ3) is 3.98. The Labute approximate surface area is 124 Å². The molecule has 0 bridgehead atoms. The second kappa shape index (κ2) is 6.61. The van der Waals surface area contributed by atoms with Gasteiger partial charge in [-0.15, -0.1) is 0 Å². The normalized spacial score (nSPS) is 10.1.